The lowest BCUT2D eigenvalue weighted by Crippen LogP contribution is -2.46. The third kappa shape index (κ3) is 4.10. The van der Waals surface area contributed by atoms with Crippen molar-refractivity contribution >= 4 is 0 Å². The molecule has 1 saturated carbocycles. The van der Waals surface area contributed by atoms with Gasteiger partial charge in [0.2, 0.25) is 0 Å². The summed E-state index contributed by atoms with van der Waals surface area (Å²) in [4.78, 5) is 0. The van der Waals surface area contributed by atoms with Crippen LogP contribution >= 0.6 is 0 Å². The monoisotopic (exact) mass is 288 g/mol. The smallest absolute Gasteiger partial charge is 0.0771 e. The first-order chi connectivity index (χ1) is 9.71. The first-order valence-electron chi connectivity index (χ1n) is 8.45. The van der Waals surface area contributed by atoms with Crippen LogP contribution in [0.2, 0.25) is 0 Å². The molecule has 0 aromatic rings. The van der Waals surface area contributed by atoms with Crippen LogP contribution in [0.25, 0.3) is 0 Å². The fourth-order valence-corrected chi connectivity index (χ4v) is 4.13. The summed E-state index contributed by atoms with van der Waals surface area (Å²) < 4.78 is 0. The van der Waals surface area contributed by atoms with Gasteiger partial charge in [-0.2, -0.15) is 0 Å². The molecule has 0 aliphatic heterocycles. The molecule has 1 N–H and O–H groups in total. The Bertz CT molecular complexity index is 449. The predicted octanol–water partition coefficient (Wildman–Crippen LogP) is 5.42. The van der Waals surface area contributed by atoms with E-state index >= 15 is 0 Å². The van der Waals surface area contributed by atoms with Crippen LogP contribution in [0.3, 0.4) is 0 Å². The summed E-state index contributed by atoms with van der Waals surface area (Å²) >= 11 is 0. The van der Waals surface area contributed by atoms with Gasteiger partial charge in [-0.05, 0) is 76.5 Å². The molecule has 3 atom stereocenters. The van der Waals surface area contributed by atoms with Gasteiger partial charge in [0.25, 0.3) is 0 Å². The molecule has 0 bridgehead atoms. The maximum absolute atomic E-state index is 9.83. The van der Waals surface area contributed by atoms with Gasteiger partial charge in [0.1, 0.15) is 0 Å². The third-order valence-electron chi connectivity index (χ3n) is 5.51. The van der Waals surface area contributed by atoms with E-state index < -0.39 is 5.60 Å². The minimum absolute atomic E-state index is 0.389. The van der Waals surface area contributed by atoms with Gasteiger partial charge in [0, 0.05) is 0 Å². The van der Waals surface area contributed by atoms with Gasteiger partial charge in [-0.15, -0.1) is 0 Å². The normalized spacial score (nSPS) is 37.0. The number of hydrogen-bond acceptors (Lipinski definition) is 1. The van der Waals surface area contributed by atoms with Crippen LogP contribution in [0.1, 0.15) is 66.2 Å². The van der Waals surface area contributed by atoms with Gasteiger partial charge in [0.15, 0.2) is 0 Å². The van der Waals surface area contributed by atoms with Crippen molar-refractivity contribution in [1.29, 1.82) is 0 Å². The Hall–Kier alpha value is -0.820. The second-order valence-electron chi connectivity index (χ2n) is 8.12. The Morgan fingerprint density at radius 3 is 2.81 bits per heavy atom. The van der Waals surface area contributed by atoms with Crippen LogP contribution in [-0.4, -0.2) is 10.7 Å². The van der Waals surface area contributed by atoms with Crippen LogP contribution in [0, 0.1) is 17.3 Å². The Kier molecular flexibility index (Phi) is 4.82. The summed E-state index contributed by atoms with van der Waals surface area (Å²) in [5.41, 5.74) is 2.71. The molecule has 21 heavy (non-hydrogen) atoms. The topological polar surface area (TPSA) is 20.2 Å². The Balaban J connectivity index is 2.05. The SMILES string of the molecule is C=C1CC/C=C(\C)CC[C@H]2[C@H]1C[C@]2(C)C/C=C/C(C)(C)O. The molecule has 2 aliphatic rings. The van der Waals surface area contributed by atoms with E-state index in [1.807, 2.05) is 19.9 Å². The lowest BCUT2D eigenvalue weighted by atomic mass is 9.50. The van der Waals surface area contributed by atoms with E-state index in [1.54, 1.807) is 5.57 Å². The van der Waals surface area contributed by atoms with Crippen LogP contribution in [0.4, 0.5) is 0 Å². The van der Waals surface area contributed by atoms with E-state index in [1.165, 1.54) is 31.3 Å². The standard InChI is InChI=1S/C20H32O/c1-15-8-6-9-16(2)17-14-20(5,18(17)11-10-15)13-7-12-19(3,4)21/h7-8,12,17-18,21H,2,6,9-11,13-14H2,1,3-5H3/b12-7+,15-8+/t17-,18-,20-/m0/s1. The number of rotatable bonds is 3. The highest BCUT2D eigenvalue weighted by Crippen LogP contribution is 2.58. The highest BCUT2D eigenvalue weighted by Gasteiger charge is 2.49. The molecular formula is C20H32O. The summed E-state index contributed by atoms with van der Waals surface area (Å²) in [6, 6.07) is 0. The summed E-state index contributed by atoms with van der Waals surface area (Å²) in [5, 5.41) is 9.83. The lowest BCUT2D eigenvalue weighted by molar-refractivity contribution is -0.0114. The molecule has 2 rings (SSSR count). The van der Waals surface area contributed by atoms with Crippen molar-refractivity contribution in [2.45, 2.75) is 71.8 Å². The molecule has 2 aliphatic carbocycles. The average Bonchev–Trinajstić information content (AvgIpc) is 2.38. The van der Waals surface area contributed by atoms with E-state index in [0.717, 1.165) is 24.7 Å². The molecular weight excluding hydrogens is 256 g/mol. The van der Waals surface area contributed by atoms with E-state index in [-0.39, 0.29) is 0 Å². The lowest BCUT2D eigenvalue weighted by Gasteiger charge is -2.55. The van der Waals surface area contributed by atoms with Crippen molar-refractivity contribution in [3.63, 3.8) is 0 Å². The van der Waals surface area contributed by atoms with Crippen molar-refractivity contribution in [1.82, 2.24) is 0 Å². The molecule has 118 valence electrons. The zero-order valence-electron chi connectivity index (χ0n) is 14.3. The van der Waals surface area contributed by atoms with E-state index in [9.17, 15) is 5.11 Å². The molecule has 0 heterocycles. The zero-order chi connectivity index (χ0) is 15.7. The molecule has 1 nitrogen and oxygen atoms in total. The van der Waals surface area contributed by atoms with Gasteiger partial charge >= 0.3 is 0 Å². The third-order valence-corrected chi connectivity index (χ3v) is 5.51. The number of fused-ring (bicyclic) bond motifs is 1. The van der Waals surface area contributed by atoms with E-state index in [0.29, 0.717) is 5.41 Å². The number of aliphatic hydroxyl groups is 1. The Morgan fingerprint density at radius 1 is 1.43 bits per heavy atom. The van der Waals surface area contributed by atoms with Crippen LogP contribution < -0.4 is 0 Å². The summed E-state index contributed by atoms with van der Waals surface area (Å²) in [6.07, 6.45) is 13.7. The second-order valence-corrected chi connectivity index (χ2v) is 8.12. The highest BCUT2D eigenvalue weighted by molar-refractivity contribution is 5.18. The van der Waals surface area contributed by atoms with E-state index in [2.05, 4.69) is 32.6 Å². The summed E-state index contributed by atoms with van der Waals surface area (Å²) in [5.74, 6) is 1.49. The molecule has 0 amide bonds. The molecule has 0 unspecified atom stereocenters. The van der Waals surface area contributed by atoms with Crippen molar-refractivity contribution in [2.24, 2.45) is 17.3 Å². The molecule has 1 heteroatoms. The minimum Gasteiger partial charge on any atom is -0.386 e. The molecule has 0 aromatic heterocycles. The maximum Gasteiger partial charge on any atom is 0.0771 e. The quantitative estimate of drug-likeness (QED) is 0.687. The molecule has 0 radical (unpaired) electrons. The van der Waals surface area contributed by atoms with E-state index in [4.69, 9.17) is 0 Å². The van der Waals surface area contributed by atoms with Crippen LogP contribution in [0.15, 0.2) is 36.0 Å². The van der Waals surface area contributed by atoms with Crippen molar-refractivity contribution < 1.29 is 5.11 Å². The first kappa shape index (κ1) is 16.5. The van der Waals surface area contributed by atoms with Crippen molar-refractivity contribution in [2.75, 3.05) is 0 Å². The Morgan fingerprint density at radius 2 is 2.14 bits per heavy atom. The molecule has 1 fully saturated rings. The van der Waals surface area contributed by atoms with Crippen molar-refractivity contribution in [3.8, 4) is 0 Å². The summed E-state index contributed by atoms with van der Waals surface area (Å²) in [6.45, 7) is 12.7. The Labute approximate surface area is 130 Å². The van der Waals surface area contributed by atoms with Gasteiger partial charge in [-0.1, -0.05) is 42.9 Å². The maximum atomic E-state index is 9.83. The van der Waals surface area contributed by atoms with Crippen molar-refractivity contribution in [3.05, 3.63) is 36.0 Å². The molecule has 0 aromatic carbocycles. The predicted molar refractivity (Wildman–Crippen MR) is 91.1 cm³/mol. The van der Waals surface area contributed by atoms with Crippen LogP contribution in [0.5, 0.6) is 0 Å². The minimum atomic E-state index is -0.694. The largest absolute Gasteiger partial charge is 0.386 e. The number of hydrogen-bond donors (Lipinski definition) is 1. The van der Waals surface area contributed by atoms with Gasteiger partial charge in [-0.3, -0.25) is 0 Å². The van der Waals surface area contributed by atoms with Gasteiger partial charge in [0.05, 0.1) is 5.60 Å². The van der Waals surface area contributed by atoms with Crippen LogP contribution in [-0.2, 0) is 0 Å². The average molecular weight is 288 g/mol. The zero-order valence-corrected chi connectivity index (χ0v) is 14.3. The first-order valence-corrected chi connectivity index (χ1v) is 8.45. The highest BCUT2D eigenvalue weighted by atomic mass is 16.3. The number of allylic oxidation sites excluding steroid dienone is 4. The van der Waals surface area contributed by atoms with Gasteiger partial charge in [-0.25, -0.2) is 0 Å². The molecule has 0 spiro atoms. The fraction of sp³-hybridized carbons (Fsp3) is 0.700. The second kappa shape index (κ2) is 6.12. The summed E-state index contributed by atoms with van der Waals surface area (Å²) in [7, 11) is 0. The molecule has 0 saturated heterocycles. The van der Waals surface area contributed by atoms with Gasteiger partial charge < -0.3 is 5.11 Å². The fourth-order valence-electron chi connectivity index (χ4n) is 4.13.